The van der Waals surface area contributed by atoms with E-state index in [1.165, 1.54) is 18.3 Å². The average Bonchev–Trinajstić information content (AvgIpc) is 2.82. The van der Waals surface area contributed by atoms with Gasteiger partial charge in [-0.1, -0.05) is 17.7 Å². The number of carbonyl (C=O) groups excluding carboxylic acids is 3. The summed E-state index contributed by atoms with van der Waals surface area (Å²) in [4.78, 5) is 36.6. The van der Waals surface area contributed by atoms with E-state index in [1.54, 1.807) is 25.1 Å². The Morgan fingerprint density at radius 1 is 1.15 bits per heavy atom. The molecule has 2 N–H and O–H groups in total. The van der Waals surface area contributed by atoms with Crippen molar-refractivity contribution < 1.29 is 19.1 Å². The lowest BCUT2D eigenvalue weighted by Crippen LogP contribution is -2.21. The Morgan fingerprint density at radius 2 is 1.85 bits per heavy atom. The second-order valence-electron chi connectivity index (χ2n) is 5.76. The van der Waals surface area contributed by atoms with Crippen molar-refractivity contribution in [3.05, 3.63) is 44.8 Å². The lowest BCUT2D eigenvalue weighted by molar-refractivity contribution is -0.119. The molecule has 0 aliphatic carbocycles. The van der Waals surface area contributed by atoms with Crippen LogP contribution >= 0.6 is 22.9 Å². The zero-order chi connectivity index (χ0) is 19.4. The normalized spacial score (nSPS) is 10.3. The molecule has 6 nitrogen and oxygen atoms in total. The summed E-state index contributed by atoms with van der Waals surface area (Å²) in [5.41, 5.74) is 2.40. The van der Waals surface area contributed by atoms with Crippen molar-refractivity contribution in [3.63, 3.8) is 0 Å². The fourth-order valence-corrected chi connectivity index (χ4v) is 3.47. The predicted molar refractivity (Wildman–Crippen MR) is 103 cm³/mol. The molecule has 1 aromatic carbocycles. The third kappa shape index (κ3) is 4.83. The number of benzene rings is 1. The number of ether oxygens (including phenoxy) is 1. The number of nitrogens with one attached hydrogen (secondary N) is 2. The molecule has 26 heavy (non-hydrogen) atoms. The van der Waals surface area contributed by atoms with Crippen LogP contribution < -0.4 is 10.6 Å². The molecule has 0 radical (unpaired) electrons. The van der Waals surface area contributed by atoms with E-state index in [0.29, 0.717) is 15.7 Å². The fraction of sp³-hybridized carbons (Fsp3) is 0.278. The number of anilines is 2. The summed E-state index contributed by atoms with van der Waals surface area (Å²) in [6.45, 7) is 6.38. The van der Waals surface area contributed by atoms with Gasteiger partial charge in [0.1, 0.15) is 5.00 Å². The number of esters is 1. The number of halogens is 1. The van der Waals surface area contributed by atoms with Crippen molar-refractivity contribution in [2.75, 3.05) is 17.2 Å². The highest BCUT2D eigenvalue weighted by molar-refractivity contribution is 7.16. The van der Waals surface area contributed by atoms with Gasteiger partial charge in [0.25, 0.3) is 5.91 Å². The summed E-state index contributed by atoms with van der Waals surface area (Å²) in [5, 5.41) is 6.19. The van der Waals surface area contributed by atoms with Crippen LogP contribution in [0.15, 0.2) is 18.2 Å². The van der Waals surface area contributed by atoms with Gasteiger partial charge in [0.05, 0.1) is 5.56 Å². The lowest BCUT2D eigenvalue weighted by Gasteiger charge is -2.09. The van der Waals surface area contributed by atoms with Gasteiger partial charge in [-0.15, -0.1) is 11.3 Å². The molecule has 138 valence electrons. The molecule has 0 aliphatic heterocycles. The van der Waals surface area contributed by atoms with Crippen molar-refractivity contribution in [1.82, 2.24) is 0 Å². The first kappa shape index (κ1) is 19.9. The minimum absolute atomic E-state index is 0.272. The molecule has 0 unspecified atom stereocenters. The van der Waals surface area contributed by atoms with E-state index in [1.807, 2.05) is 13.8 Å². The first-order chi connectivity index (χ1) is 12.2. The van der Waals surface area contributed by atoms with Gasteiger partial charge in [-0.3, -0.25) is 9.59 Å². The Morgan fingerprint density at radius 3 is 2.46 bits per heavy atom. The molecule has 8 heteroatoms. The molecule has 0 saturated carbocycles. The van der Waals surface area contributed by atoms with Gasteiger partial charge in [0.2, 0.25) is 5.91 Å². The highest BCUT2D eigenvalue weighted by Crippen LogP contribution is 2.33. The zero-order valence-electron chi connectivity index (χ0n) is 14.9. The van der Waals surface area contributed by atoms with E-state index < -0.39 is 18.5 Å². The number of carbonyl (C=O) groups is 3. The highest BCUT2D eigenvalue weighted by atomic mass is 35.5. The van der Waals surface area contributed by atoms with E-state index in [0.717, 1.165) is 16.0 Å². The van der Waals surface area contributed by atoms with Crippen molar-refractivity contribution in [3.8, 4) is 0 Å². The highest BCUT2D eigenvalue weighted by Gasteiger charge is 2.22. The molecule has 1 aromatic heterocycles. The number of aryl methyl sites for hydroxylation is 2. The van der Waals surface area contributed by atoms with Crippen LogP contribution in [0.4, 0.5) is 10.7 Å². The summed E-state index contributed by atoms with van der Waals surface area (Å²) < 4.78 is 5.10. The molecular weight excluding hydrogens is 376 g/mol. The molecule has 0 atom stereocenters. The van der Waals surface area contributed by atoms with Crippen LogP contribution in [0, 0.1) is 20.8 Å². The fourth-order valence-electron chi connectivity index (χ4n) is 2.19. The van der Waals surface area contributed by atoms with Gasteiger partial charge in [-0.05, 0) is 44.0 Å². The smallest absolute Gasteiger partial charge is 0.341 e. The summed E-state index contributed by atoms with van der Waals surface area (Å²) in [5.74, 6) is -1.43. The SMILES string of the molecule is CC(=O)Nc1sc(C)c(C)c1C(=O)OCC(=O)Nc1ccc(C)c(Cl)c1. The Labute approximate surface area is 160 Å². The topological polar surface area (TPSA) is 84.5 Å². The van der Waals surface area contributed by atoms with Crippen LogP contribution in [0.2, 0.25) is 5.02 Å². The number of thiophene rings is 1. The van der Waals surface area contributed by atoms with Gasteiger partial charge in [-0.25, -0.2) is 4.79 Å². The minimum atomic E-state index is -0.660. The average molecular weight is 395 g/mol. The third-order valence-electron chi connectivity index (χ3n) is 3.67. The van der Waals surface area contributed by atoms with E-state index in [-0.39, 0.29) is 11.5 Å². The summed E-state index contributed by atoms with van der Waals surface area (Å²) in [7, 11) is 0. The van der Waals surface area contributed by atoms with Crippen LogP contribution in [0.1, 0.15) is 33.3 Å². The van der Waals surface area contributed by atoms with Crippen LogP contribution in [-0.2, 0) is 14.3 Å². The lowest BCUT2D eigenvalue weighted by atomic mass is 10.1. The Bertz CT molecular complexity index is 876. The number of rotatable bonds is 5. The van der Waals surface area contributed by atoms with Crippen LogP contribution in [-0.4, -0.2) is 24.4 Å². The molecule has 1 heterocycles. The molecule has 0 saturated heterocycles. The van der Waals surface area contributed by atoms with Gasteiger partial charge < -0.3 is 15.4 Å². The monoisotopic (exact) mass is 394 g/mol. The third-order valence-corrected chi connectivity index (χ3v) is 5.20. The van der Waals surface area contributed by atoms with Crippen LogP contribution in [0.25, 0.3) is 0 Å². The predicted octanol–water partition coefficient (Wildman–Crippen LogP) is 4.08. The first-order valence-corrected chi connectivity index (χ1v) is 8.99. The van der Waals surface area contributed by atoms with Crippen LogP contribution in [0.5, 0.6) is 0 Å². The first-order valence-electron chi connectivity index (χ1n) is 7.79. The minimum Gasteiger partial charge on any atom is -0.452 e. The van der Waals surface area contributed by atoms with Gasteiger partial charge in [0.15, 0.2) is 6.61 Å². The maximum Gasteiger partial charge on any atom is 0.341 e. The standard InChI is InChI=1S/C18H19ClN2O4S/c1-9-5-6-13(7-14(9)19)21-15(23)8-25-18(24)16-10(2)11(3)26-17(16)20-12(4)22/h5-7H,8H2,1-4H3,(H,20,22)(H,21,23). The zero-order valence-corrected chi connectivity index (χ0v) is 16.4. The van der Waals surface area contributed by atoms with Gasteiger partial charge in [-0.2, -0.15) is 0 Å². The Hall–Kier alpha value is -2.38. The maximum atomic E-state index is 12.4. The van der Waals surface area contributed by atoms with E-state index in [4.69, 9.17) is 16.3 Å². The molecular formula is C18H19ClN2O4S. The Balaban J connectivity index is 2.03. The molecule has 2 amide bonds. The second kappa shape index (κ2) is 8.33. The van der Waals surface area contributed by atoms with Crippen molar-refractivity contribution in [2.45, 2.75) is 27.7 Å². The van der Waals surface area contributed by atoms with E-state index in [2.05, 4.69) is 10.6 Å². The quantitative estimate of drug-likeness (QED) is 0.748. The van der Waals surface area contributed by atoms with E-state index in [9.17, 15) is 14.4 Å². The summed E-state index contributed by atoms with van der Waals surface area (Å²) in [6, 6.07) is 5.11. The van der Waals surface area contributed by atoms with Gasteiger partial charge in [0, 0.05) is 22.5 Å². The van der Waals surface area contributed by atoms with Crippen LogP contribution in [0.3, 0.4) is 0 Å². The molecule has 0 spiro atoms. The number of hydrogen-bond acceptors (Lipinski definition) is 5. The number of hydrogen-bond donors (Lipinski definition) is 2. The molecule has 0 fully saturated rings. The van der Waals surface area contributed by atoms with Crippen molar-refractivity contribution in [1.29, 1.82) is 0 Å². The molecule has 2 aromatic rings. The maximum absolute atomic E-state index is 12.4. The van der Waals surface area contributed by atoms with Gasteiger partial charge >= 0.3 is 5.97 Å². The largest absolute Gasteiger partial charge is 0.452 e. The summed E-state index contributed by atoms with van der Waals surface area (Å²) in [6.07, 6.45) is 0. The van der Waals surface area contributed by atoms with Crippen molar-refractivity contribution >= 4 is 51.4 Å². The molecule has 0 aliphatic rings. The number of amides is 2. The Kier molecular flexibility index (Phi) is 6.39. The summed E-state index contributed by atoms with van der Waals surface area (Å²) >= 11 is 7.30. The van der Waals surface area contributed by atoms with Crippen molar-refractivity contribution in [2.24, 2.45) is 0 Å². The molecule has 2 rings (SSSR count). The molecule has 0 bridgehead atoms. The van der Waals surface area contributed by atoms with E-state index >= 15 is 0 Å². The second-order valence-corrected chi connectivity index (χ2v) is 7.39.